The van der Waals surface area contributed by atoms with E-state index in [2.05, 4.69) is 14.1 Å². The first-order chi connectivity index (χ1) is 11.9. The lowest BCUT2D eigenvalue weighted by atomic mass is 10.3. The summed E-state index contributed by atoms with van der Waals surface area (Å²) in [6, 6.07) is 4.35. The number of amidine groups is 1. The van der Waals surface area contributed by atoms with Gasteiger partial charge >= 0.3 is 0 Å². The minimum Gasteiger partial charge on any atom is -0.504 e. The van der Waals surface area contributed by atoms with Crippen LogP contribution in [0.1, 0.15) is 19.8 Å². The summed E-state index contributed by atoms with van der Waals surface area (Å²) in [5, 5.41) is 13.2. The zero-order chi connectivity index (χ0) is 18.0. The van der Waals surface area contributed by atoms with Crippen molar-refractivity contribution in [3.63, 3.8) is 0 Å². The Bertz CT molecular complexity index is 860. The van der Waals surface area contributed by atoms with E-state index in [1.54, 1.807) is 6.92 Å². The molecule has 0 radical (unpaired) electrons. The molecular formula is C14H18N4O5S2. The Balaban J connectivity index is 1.91. The largest absolute Gasteiger partial charge is 0.504 e. The van der Waals surface area contributed by atoms with Crippen LogP contribution in [0.25, 0.3) is 0 Å². The fourth-order valence-electron chi connectivity index (χ4n) is 2.59. The number of ether oxygens (including phenoxy) is 1. The van der Waals surface area contributed by atoms with Crippen molar-refractivity contribution < 1.29 is 22.5 Å². The summed E-state index contributed by atoms with van der Waals surface area (Å²) in [7, 11) is -3.78. The summed E-state index contributed by atoms with van der Waals surface area (Å²) in [6.45, 7) is 2.91. The van der Waals surface area contributed by atoms with E-state index in [4.69, 9.17) is 4.74 Å². The number of aromatic hydroxyl groups is 1. The maximum atomic E-state index is 12.7. The highest BCUT2D eigenvalue weighted by Crippen LogP contribution is 2.34. The van der Waals surface area contributed by atoms with Crippen LogP contribution < -0.4 is 5.32 Å². The first-order valence-electron chi connectivity index (χ1n) is 7.75. The Kier molecular flexibility index (Phi) is 5.06. The van der Waals surface area contributed by atoms with Gasteiger partial charge in [-0.3, -0.25) is 0 Å². The average molecular weight is 386 g/mol. The first-order valence-corrected chi connectivity index (χ1v) is 10.3. The van der Waals surface area contributed by atoms with Gasteiger partial charge in [-0.05, 0) is 31.9 Å². The number of phenolic OH excluding ortho intramolecular Hbond substituents is 1. The third kappa shape index (κ3) is 3.53. The molecule has 2 aliphatic heterocycles. The van der Waals surface area contributed by atoms with Gasteiger partial charge in [0.2, 0.25) is 15.9 Å². The molecule has 0 saturated carbocycles. The summed E-state index contributed by atoms with van der Waals surface area (Å²) in [5.41, 5.74) is 0.116. The minimum atomic E-state index is -3.78. The minimum absolute atomic E-state index is 0.0491. The molecule has 1 fully saturated rings. The number of rotatable bonds is 4. The van der Waals surface area contributed by atoms with E-state index >= 15 is 0 Å². The van der Waals surface area contributed by atoms with Crippen molar-refractivity contribution in [1.82, 2.24) is 4.31 Å². The second-order valence-electron chi connectivity index (χ2n) is 5.39. The van der Waals surface area contributed by atoms with E-state index in [1.165, 1.54) is 22.5 Å². The molecular weight excluding hydrogens is 368 g/mol. The highest BCUT2D eigenvalue weighted by atomic mass is 32.2. The molecule has 0 aliphatic carbocycles. The smallest absolute Gasteiger partial charge is 0.271 e. The Morgan fingerprint density at radius 3 is 2.72 bits per heavy atom. The Morgan fingerprint density at radius 2 is 2.04 bits per heavy atom. The van der Waals surface area contributed by atoms with E-state index in [1.807, 2.05) is 0 Å². The zero-order valence-corrected chi connectivity index (χ0v) is 15.1. The molecule has 136 valence electrons. The third-order valence-electron chi connectivity index (χ3n) is 3.75. The Morgan fingerprint density at radius 1 is 1.32 bits per heavy atom. The first kappa shape index (κ1) is 17.8. The number of hydrogen-bond donors (Lipinski definition) is 2. The Hall–Kier alpha value is -1.98. The highest BCUT2D eigenvalue weighted by molar-refractivity contribution is 7.89. The molecule has 0 bridgehead atoms. The molecule has 2 N–H and O–H groups in total. The van der Waals surface area contributed by atoms with Gasteiger partial charge in [0.05, 0.1) is 12.3 Å². The fraction of sp³-hybridized carbons (Fsp3) is 0.429. The summed E-state index contributed by atoms with van der Waals surface area (Å²) >= 11 is -1.81. The lowest BCUT2D eigenvalue weighted by molar-refractivity contribution is 0.335. The van der Waals surface area contributed by atoms with Crippen molar-refractivity contribution in [1.29, 1.82) is 0 Å². The van der Waals surface area contributed by atoms with Crippen LogP contribution in [0.4, 0.5) is 5.69 Å². The number of nitrogens with one attached hydrogen (secondary N) is 1. The molecule has 1 aromatic carbocycles. The number of benzene rings is 1. The van der Waals surface area contributed by atoms with E-state index in [-0.39, 0.29) is 22.3 Å². The molecule has 1 atom stereocenters. The molecule has 2 aliphatic rings. The third-order valence-corrected chi connectivity index (χ3v) is 6.34. The SMILES string of the molecule is CCOC1=NS(=O)N=C1Nc1cccc(S(=O)(=O)N2CCCC2)c1O. The van der Waals surface area contributed by atoms with Gasteiger partial charge in [0, 0.05) is 13.1 Å². The number of nitrogens with zero attached hydrogens (tertiary/aromatic N) is 3. The summed E-state index contributed by atoms with van der Waals surface area (Å²) in [4.78, 5) is -0.186. The molecule has 0 spiro atoms. The van der Waals surface area contributed by atoms with E-state index < -0.39 is 26.9 Å². The zero-order valence-electron chi connectivity index (χ0n) is 13.5. The predicted molar refractivity (Wildman–Crippen MR) is 94.4 cm³/mol. The predicted octanol–water partition coefficient (Wildman–Crippen LogP) is 1.01. The molecule has 1 saturated heterocycles. The normalized spacial score (nSPS) is 21.1. The number of hydrogen-bond acceptors (Lipinski definition) is 6. The van der Waals surface area contributed by atoms with Crippen molar-refractivity contribution >= 4 is 38.6 Å². The Labute approximate surface area is 148 Å². The van der Waals surface area contributed by atoms with Gasteiger partial charge in [-0.2, -0.15) is 4.31 Å². The van der Waals surface area contributed by atoms with Gasteiger partial charge in [-0.1, -0.05) is 6.07 Å². The van der Waals surface area contributed by atoms with E-state index in [0.717, 1.165) is 12.8 Å². The molecule has 2 heterocycles. The monoisotopic (exact) mass is 386 g/mol. The maximum Gasteiger partial charge on any atom is 0.271 e. The molecule has 1 unspecified atom stereocenters. The summed E-state index contributed by atoms with van der Waals surface area (Å²) < 4.78 is 50.9. The van der Waals surface area contributed by atoms with Crippen LogP contribution in [-0.2, 0) is 25.9 Å². The highest BCUT2D eigenvalue weighted by Gasteiger charge is 2.31. The van der Waals surface area contributed by atoms with Crippen LogP contribution in [0.15, 0.2) is 31.9 Å². The number of para-hydroxylation sites is 1. The lowest BCUT2D eigenvalue weighted by Crippen LogP contribution is -2.28. The van der Waals surface area contributed by atoms with E-state index in [0.29, 0.717) is 19.7 Å². The topological polar surface area (TPSA) is 121 Å². The van der Waals surface area contributed by atoms with Crippen LogP contribution >= 0.6 is 0 Å². The number of phenols is 1. The van der Waals surface area contributed by atoms with Gasteiger partial charge < -0.3 is 15.2 Å². The van der Waals surface area contributed by atoms with Gasteiger partial charge in [0.25, 0.3) is 17.1 Å². The fourth-order valence-corrected chi connectivity index (χ4v) is 4.81. The molecule has 1 aromatic rings. The maximum absolute atomic E-state index is 12.7. The summed E-state index contributed by atoms with van der Waals surface area (Å²) in [5.74, 6) is -0.301. The molecule has 0 amide bonds. The van der Waals surface area contributed by atoms with Crippen molar-refractivity contribution in [2.45, 2.75) is 24.7 Å². The molecule has 3 rings (SSSR count). The van der Waals surface area contributed by atoms with Crippen LogP contribution in [0.2, 0.25) is 0 Å². The average Bonchev–Trinajstić information content (AvgIpc) is 3.20. The molecule has 25 heavy (non-hydrogen) atoms. The lowest BCUT2D eigenvalue weighted by Gasteiger charge is -2.18. The standard InChI is InChI=1S/C14H18N4O5S2/c1-2-23-14-13(16-24(20)17-14)15-10-6-5-7-11(12(10)19)25(21,22)18-8-3-4-9-18/h5-7,19H,2-4,8-9H2,1H3,(H,15,16). The van der Waals surface area contributed by atoms with Crippen molar-refractivity contribution in [3.8, 4) is 5.75 Å². The van der Waals surface area contributed by atoms with Gasteiger partial charge in [-0.25, -0.2) is 12.6 Å². The molecule has 11 heteroatoms. The van der Waals surface area contributed by atoms with Gasteiger partial charge in [0.15, 0.2) is 5.75 Å². The van der Waals surface area contributed by atoms with Crippen molar-refractivity contribution in [2.75, 3.05) is 25.0 Å². The number of anilines is 1. The van der Waals surface area contributed by atoms with Crippen LogP contribution in [0.3, 0.4) is 0 Å². The van der Waals surface area contributed by atoms with Crippen LogP contribution in [-0.4, -0.2) is 53.5 Å². The van der Waals surface area contributed by atoms with Crippen molar-refractivity contribution in [3.05, 3.63) is 18.2 Å². The molecule has 0 aromatic heterocycles. The van der Waals surface area contributed by atoms with Crippen LogP contribution in [0.5, 0.6) is 5.75 Å². The van der Waals surface area contributed by atoms with E-state index in [9.17, 15) is 17.7 Å². The molecule has 9 nitrogen and oxygen atoms in total. The van der Waals surface area contributed by atoms with Gasteiger partial charge in [-0.15, -0.1) is 8.80 Å². The second kappa shape index (κ2) is 7.10. The van der Waals surface area contributed by atoms with Crippen molar-refractivity contribution in [2.24, 2.45) is 8.80 Å². The van der Waals surface area contributed by atoms with Gasteiger partial charge in [0.1, 0.15) is 4.90 Å². The second-order valence-corrected chi connectivity index (χ2v) is 8.12. The summed E-state index contributed by atoms with van der Waals surface area (Å²) in [6.07, 6.45) is 1.60. The number of sulfonamides is 1. The van der Waals surface area contributed by atoms with Crippen LogP contribution in [0, 0.1) is 0 Å². The quantitative estimate of drug-likeness (QED) is 0.745.